The number of hydrogen-bond donors (Lipinski definition) is 0. The summed E-state index contributed by atoms with van der Waals surface area (Å²) < 4.78 is 0. The zero-order valence-corrected chi connectivity index (χ0v) is 11.4. The highest BCUT2D eigenvalue weighted by molar-refractivity contribution is 9.10. The summed E-state index contributed by atoms with van der Waals surface area (Å²) in [6, 6.07) is 0.389. The van der Waals surface area contributed by atoms with Crippen LogP contribution in [0, 0.1) is 5.92 Å². The topological polar surface area (TPSA) is 20.3 Å². The Bertz CT molecular complexity index is 210. The molecule has 1 aliphatic heterocycles. The minimum atomic E-state index is -0.0203. The number of halogens is 1. The summed E-state index contributed by atoms with van der Waals surface area (Å²) in [5.74, 6) is 2.77. The first-order chi connectivity index (χ1) is 6.54. The lowest BCUT2D eigenvalue weighted by atomic mass is 10.1. The number of carbonyl (C=O) groups excluding carboxylic acids is 1. The molecule has 0 aromatic heterocycles. The summed E-state index contributed by atoms with van der Waals surface area (Å²) >= 11 is 5.41. The molecule has 2 nitrogen and oxygen atoms in total. The Labute approximate surface area is 98.9 Å². The molecule has 1 rings (SSSR count). The SMILES string of the molecule is CC(C)C(Br)C(=O)N1CCSCC1C. The van der Waals surface area contributed by atoms with Crippen LogP contribution in [0.2, 0.25) is 0 Å². The zero-order chi connectivity index (χ0) is 10.7. The van der Waals surface area contributed by atoms with Gasteiger partial charge in [0, 0.05) is 24.1 Å². The van der Waals surface area contributed by atoms with E-state index in [-0.39, 0.29) is 10.7 Å². The van der Waals surface area contributed by atoms with Gasteiger partial charge in [0.1, 0.15) is 0 Å². The monoisotopic (exact) mass is 279 g/mol. The van der Waals surface area contributed by atoms with Crippen LogP contribution in [-0.4, -0.2) is 39.7 Å². The van der Waals surface area contributed by atoms with Gasteiger partial charge in [-0.15, -0.1) is 0 Å². The van der Waals surface area contributed by atoms with E-state index in [2.05, 4.69) is 36.7 Å². The van der Waals surface area contributed by atoms with Crippen molar-refractivity contribution in [1.29, 1.82) is 0 Å². The van der Waals surface area contributed by atoms with Gasteiger partial charge in [0.2, 0.25) is 5.91 Å². The van der Waals surface area contributed by atoms with Crippen LogP contribution in [0.4, 0.5) is 0 Å². The molecule has 1 fully saturated rings. The third kappa shape index (κ3) is 2.89. The Morgan fingerprint density at radius 2 is 2.21 bits per heavy atom. The van der Waals surface area contributed by atoms with Gasteiger partial charge >= 0.3 is 0 Å². The number of rotatable bonds is 2. The van der Waals surface area contributed by atoms with Crippen LogP contribution in [0.5, 0.6) is 0 Å². The lowest BCUT2D eigenvalue weighted by Crippen LogP contribution is -2.48. The molecular weight excluding hydrogens is 262 g/mol. The largest absolute Gasteiger partial charge is 0.337 e. The van der Waals surface area contributed by atoms with Crippen LogP contribution in [-0.2, 0) is 4.79 Å². The normalized spacial score (nSPS) is 25.2. The molecule has 14 heavy (non-hydrogen) atoms. The second-order valence-electron chi connectivity index (χ2n) is 4.10. The molecule has 0 spiro atoms. The van der Waals surface area contributed by atoms with Gasteiger partial charge < -0.3 is 4.90 Å². The quantitative estimate of drug-likeness (QED) is 0.724. The minimum absolute atomic E-state index is 0.0203. The Morgan fingerprint density at radius 1 is 1.57 bits per heavy atom. The van der Waals surface area contributed by atoms with Crippen LogP contribution in [0.15, 0.2) is 0 Å². The molecule has 2 atom stereocenters. The second kappa shape index (κ2) is 5.40. The highest BCUT2D eigenvalue weighted by Gasteiger charge is 2.29. The third-order valence-corrected chi connectivity index (χ3v) is 5.11. The molecule has 0 saturated carbocycles. The highest BCUT2D eigenvalue weighted by atomic mass is 79.9. The van der Waals surface area contributed by atoms with E-state index in [4.69, 9.17) is 0 Å². The van der Waals surface area contributed by atoms with Gasteiger partial charge in [-0.1, -0.05) is 29.8 Å². The Balaban J connectivity index is 2.58. The van der Waals surface area contributed by atoms with Gasteiger partial charge in [-0.25, -0.2) is 0 Å². The van der Waals surface area contributed by atoms with E-state index < -0.39 is 0 Å². The summed E-state index contributed by atoms with van der Waals surface area (Å²) in [6.07, 6.45) is 0. The first kappa shape index (κ1) is 12.4. The van der Waals surface area contributed by atoms with Crippen LogP contribution in [0.3, 0.4) is 0 Å². The van der Waals surface area contributed by atoms with Crippen molar-refractivity contribution in [3.05, 3.63) is 0 Å². The lowest BCUT2D eigenvalue weighted by Gasteiger charge is -2.35. The molecule has 0 aliphatic carbocycles. The maximum absolute atomic E-state index is 12.0. The van der Waals surface area contributed by atoms with Gasteiger partial charge in [-0.3, -0.25) is 4.79 Å². The van der Waals surface area contributed by atoms with Crippen molar-refractivity contribution in [1.82, 2.24) is 4.90 Å². The van der Waals surface area contributed by atoms with Gasteiger partial charge in [-0.05, 0) is 12.8 Å². The van der Waals surface area contributed by atoms with E-state index in [0.29, 0.717) is 12.0 Å². The van der Waals surface area contributed by atoms with Gasteiger partial charge in [0.15, 0.2) is 0 Å². The second-order valence-corrected chi connectivity index (χ2v) is 6.24. The van der Waals surface area contributed by atoms with Crippen molar-refractivity contribution in [3.8, 4) is 0 Å². The molecule has 1 saturated heterocycles. The fraction of sp³-hybridized carbons (Fsp3) is 0.900. The molecule has 82 valence electrons. The highest BCUT2D eigenvalue weighted by Crippen LogP contribution is 2.21. The average Bonchev–Trinajstić information content (AvgIpc) is 2.16. The molecule has 0 N–H and O–H groups in total. The molecule has 1 amide bonds. The Kier molecular flexibility index (Phi) is 4.77. The van der Waals surface area contributed by atoms with Crippen LogP contribution < -0.4 is 0 Å². The standard InChI is InChI=1S/C10H18BrNOS/c1-7(2)9(11)10(13)12-4-5-14-6-8(12)3/h7-9H,4-6H2,1-3H3. The average molecular weight is 280 g/mol. The maximum Gasteiger partial charge on any atom is 0.236 e. The first-order valence-electron chi connectivity index (χ1n) is 5.06. The minimum Gasteiger partial charge on any atom is -0.337 e. The Morgan fingerprint density at radius 3 is 2.71 bits per heavy atom. The number of alkyl halides is 1. The van der Waals surface area contributed by atoms with Crippen molar-refractivity contribution in [2.24, 2.45) is 5.92 Å². The van der Waals surface area contributed by atoms with Crippen LogP contribution in [0.1, 0.15) is 20.8 Å². The van der Waals surface area contributed by atoms with E-state index in [9.17, 15) is 4.79 Å². The lowest BCUT2D eigenvalue weighted by molar-refractivity contribution is -0.132. The molecular formula is C10H18BrNOS. The predicted molar refractivity (Wildman–Crippen MR) is 66.1 cm³/mol. The number of hydrogen-bond acceptors (Lipinski definition) is 2. The molecule has 0 bridgehead atoms. The van der Waals surface area contributed by atoms with Gasteiger partial charge in [0.05, 0.1) is 4.83 Å². The van der Waals surface area contributed by atoms with Crippen LogP contribution >= 0.6 is 27.7 Å². The molecule has 0 radical (unpaired) electrons. The van der Waals surface area contributed by atoms with Gasteiger partial charge in [-0.2, -0.15) is 11.8 Å². The molecule has 0 aromatic carbocycles. The first-order valence-corrected chi connectivity index (χ1v) is 7.13. The van der Waals surface area contributed by atoms with Crippen molar-refractivity contribution in [2.45, 2.75) is 31.6 Å². The van der Waals surface area contributed by atoms with Crippen molar-refractivity contribution in [3.63, 3.8) is 0 Å². The van der Waals surface area contributed by atoms with E-state index >= 15 is 0 Å². The van der Waals surface area contributed by atoms with Crippen LogP contribution in [0.25, 0.3) is 0 Å². The number of nitrogens with zero attached hydrogens (tertiary/aromatic N) is 1. The molecule has 2 unspecified atom stereocenters. The van der Waals surface area contributed by atoms with Crippen molar-refractivity contribution >= 4 is 33.6 Å². The summed E-state index contributed by atoms with van der Waals surface area (Å²) in [6.45, 7) is 7.17. The van der Waals surface area contributed by atoms with Gasteiger partial charge in [0.25, 0.3) is 0 Å². The fourth-order valence-corrected chi connectivity index (χ4v) is 2.77. The molecule has 0 aromatic rings. The number of amides is 1. The zero-order valence-electron chi connectivity index (χ0n) is 9.00. The van der Waals surface area contributed by atoms with E-state index in [0.717, 1.165) is 18.1 Å². The predicted octanol–water partition coefficient (Wildman–Crippen LogP) is 2.37. The summed E-state index contributed by atoms with van der Waals surface area (Å²) in [7, 11) is 0. The van der Waals surface area contributed by atoms with Crippen molar-refractivity contribution in [2.75, 3.05) is 18.1 Å². The Hall–Kier alpha value is 0.300. The molecule has 1 heterocycles. The van der Waals surface area contributed by atoms with Crippen molar-refractivity contribution < 1.29 is 4.79 Å². The van der Waals surface area contributed by atoms with E-state index in [1.807, 2.05) is 16.7 Å². The molecule has 1 aliphatic rings. The maximum atomic E-state index is 12.0. The fourth-order valence-electron chi connectivity index (χ4n) is 1.50. The number of thioether (sulfide) groups is 1. The number of carbonyl (C=O) groups is 1. The summed E-state index contributed by atoms with van der Waals surface area (Å²) in [5, 5.41) is 0. The summed E-state index contributed by atoms with van der Waals surface area (Å²) in [5.41, 5.74) is 0. The summed E-state index contributed by atoms with van der Waals surface area (Å²) in [4.78, 5) is 14.0. The van der Waals surface area contributed by atoms with E-state index in [1.165, 1.54) is 0 Å². The molecule has 4 heteroatoms. The smallest absolute Gasteiger partial charge is 0.236 e. The third-order valence-electron chi connectivity index (χ3n) is 2.47. The van der Waals surface area contributed by atoms with E-state index in [1.54, 1.807) is 0 Å².